The summed E-state index contributed by atoms with van der Waals surface area (Å²) in [5, 5.41) is 3.23. The number of halogens is 3. The Labute approximate surface area is 230 Å². The van der Waals surface area contributed by atoms with E-state index in [1.807, 2.05) is 37.1 Å². The van der Waals surface area contributed by atoms with Crippen LogP contribution in [0.1, 0.15) is 46.7 Å². The molecule has 0 unspecified atom stereocenters. The van der Waals surface area contributed by atoms with E-state index in [2.05, 4.69) is 15.3 Å². The van der Waals surface area contributed by atoms with Crippen molar-refractivity contribution < 1.29 is 22.8 Å². The summed E-state index contributed by atoms with van der Waals surface area (Å²) in [5.41, 5.74) is 4.16. The normalized spacial score (nSPS) is 16.8. The maximum Gasteiger partial charge on any atom is 0.416 e. The molecule has 1 aromatic carbocycles. The topological polar surface area (TPSA) is 94.6 Å². The van der Waals surface area contributed by atoms with Gasteiger partial charge in [0.1, 0.15) is 11.9 Å². The Morgan fingerprint density at radius 3 is 2.62 bits per heavy atom. The van der Waals surface area contributed by atoms with Crippen LogP contribution in [-0.4, -0.2) is 46.9 Å². The highest BCUT2D eigenvalue weighted by Gasteiger charge is 2.41. The fraction of sp³-hybridized carbons (Fsp3) is 0.393. The number of hydrogen-bond acceptors (Lipinski definition) is 7. The van der Waals surface area contributed by atoms with E-state index in [0.717, 1.165) is 45.4 Å². The Morgan fingerprint density at radius 2 is 1.88 bits per heavy atom. The van der Waals surface area contributed by atoms with Gasteiger partial charge in [0.05, 0.1) is 46.8 Å². The minimum atomic E-state index is -4.61. The molecule has 4 heterocycles. The molecule has 3 aromatic rings. The second-order valence-electron chi connectivity index (χ2n) is 10.2. The van der Waals surface area contributed by atoms with Crippen LogP contribution in [0.5, 0.6) is 0 Å². The lowest BCUT2D eigenvalue weighted by atomic mass is 10.1. The second kappa shape index (κ2) is 10.5. The maximum atomic E-state index is 13.8. The van der Waals surface area contributed by atoms with E-state index in [-0.39, 0.29) is 24.4 Å². The highest BCUT2D eigenvalue weighted by atomic mass is 19.4. The van der Waals surface area contributed by atoms with E-state index in [1.165, 1.54) is 11.8 Å². The number of rotatable bonds is 6. The second-order valence-corrected chi connectivity index (χ2v) is 10.2. The lowest BCUT2D eigenvalue weighted by molar-refractivity contribution is -0.137. The third-order valence-corrected chi connectivity index (χ3v) is 7.27. The van der Waals surface area contributed by atoms with Gasteiger partial charge in [0.15, 0.2) is 0 Å². The molecule has 2 aromatic heterocycles. The van der Waals surface area contributed by atoms with E-state index < -0.39 is 29.6 Å². The van der Waals surface area contributed by atoms with Crippen molar-refractivity contribution in [2.75, 3.05) is 28.8 Å². The number of nitrogens with one attached hydrogen (secondary N) is 1. The third-order valence-electron chi connectivity index (χ3n) is 7.27. The number of fused-ring (bicyclic) bond motifs is 1. The van der Waals surface area contributed by atoms with E-state index in [4.69, 9.17) is 4.98 Å². The van der Waals surface area contributed by atoms with Gasteiger partial charge in [-0.15, -0.1) is 0 Å². The van der Waals surface area contributed by atoms with Gasteiger partial charge in [-0.1, -0.05) is 12.1 Å². The summed E-state index contributed by atoms with van der Waals surface area (Å²) in [5.74, 6) is -1.02. The van der Waals surface area contributed by atoms with Gasteiger partial charge >= 0.3 is 6.18 Å². The molecule has 1 saturated heterocycles. The van der Waals surface area contributed by atoms with Gasteiger partial charge in [-0.3, -0.25) is 24.5 Å². The molecular formula is C28H30F3N7O2. The SMILES string of the molecule is Cc1cc(C(F)(F)F)cc(N2C(=O)CC[C@H]2C(=O)N(C)c2cccc(C)c2N(C)Cc2cnc3c(n2)CNC3)n1. The smallest absolute Gasteiger partial charge is 0.367 e. The first-order valence-corrected chi connectivity index (χ1v) is 12.9. The fourth-order valence-corrected chi connectivity index (χ4v) is 5.38. The Kier molecular flexibility index (Phi) is 7.21. The number of para-hydroxylation sites is 1. The molecular weight excluding hydrogens is 523 g/mol. The van der Waals surface area contributed by atoms with Gasteiger partial charge in [0.25, 0.3) is 0 Å². The molecule has 0 radical (unpaired) electrons. The zero-order valence-electron chi connectivity index (χ0n) is 22.7. The van der Waals surface area contributed by atoms with Crippen LogP contribution in [0.4, 0.5) is 30.4 Å². The van der Waals surface area contributed by atoms with Crippen molar-refractivity contribution in [1.82, 2.24) is 20.3 Å². The summed E-state index contributed by atoms with van der Waals surface area (Å²) >= 11 is 0. The molecule has 210 valence electrons. The Balaban J connectivity index is 1.43. The lowest BCUT2D eigenvalue weighted by Crippen LogP contribution is -2.46. The number of benzene rings is 1. The van der Waals surface area contributed by atoms with Gasteiger partial charge in [0.2, 0.25) is 11.8 Å². The standard InChI is InChI=1S/C28H30F3N7O2/c1-16-6-5-7-22(26(16)36(3)15-19-12-33-20-13-32-14-21(20)35-19)37(4)27(40)23-8-9-25(39)38(23)24-11-18(28(29,30)31)10-17(2)34-24/h5-7,10-12,23,32H,8-9,13-15H2,1-4H3/t23-/m0/s1. The van der Waals surface area contributed by atoms with Crippen LogP contribution in [0.3, 0.4) is 0 Å². The Hall–Kier alpha value is -4.06. The summed E-state index contributed by atoms with van der Waals surface area (Å²) in [6, 6.07) is 6.35. The van der Waals surface area contributed by atoms with Crippen molar-refractivity contribution in [2.45, 2.75) is 58.5 Å². The number of carbonyl (C=O) groups is 2. The number of aryl methyl sites for hydroxylation is 2. The molecule has 0 bridgehead atoms. The number of carbonyl (C=O) groups excluding carboxylic acids is 2. The molecule has 1 atom stereocenters. The van der Waals surface area contributed by atoms with Crippen LogP contribution < -0.4 is 20.0 Å². The molecule has 2 aliphatic heterocycles. The van der Waals surface area contributed by atoms with E-state index >= 15 is 0 Å². The first kappa shape index (κ1) is 27.5. The van der Waals surface area contributed by atoms with Crippen molar-refractivity contribution in [3.63, 3.8) is 0 Å². The van der Waals surface area contributed by atoms with Crippen molar-refractivity contribution in [1.29, 1.82) is 0 Å². The molecule has 5 rings (SSSR count). The summed E-state index contributed by atoms with van der Waals surface area (Å²) in [6.45, 7) is 5.18. The molecule has 1 fully saturated rings. The van der Waals surface area contributed by atoms with Crippen molar-refractivity contribution in [3.05, 3.63) is 70.4 Å². The van der Waals surface area contributed by atoms with Crippen molar-refractivity contribution in [3.8, 4) is 0 Å². The first-order valence-electron chi connectivity index (χ1n) is 12.9. The number of amides is 2. The van der Waals surface area contributed by atoms with Crippen LogP contribution in [-0.2, 0) is 35.4 Å². The third kappa shape index (κ3) is 5.23. The highest BCUT2D eigenvalue weighted by Crippen LogP contribution is 2.37. The zero-order chi connectivity index (χ0) is 28.8. The predicted octanol–water partition coefficient (Wildman–Crippen LogP) is 3.91. The quantitative estimate of drug-likeness (QED) is 0.495. The minimum absolute atomic E-state index is 0.0354. The molecule has 2 amide bonds. The summed E-state index contributed by atoms with van der Waals surface area (Å²) in [7, 11) is 3.51. The van der Waals surface area contributed by atoms with Crippen LogP contribution >= 0.6 is 0 Å². The van der Waals surface area contributed by atoms with Crippen LogP contribution in [0.25, 0.3) is 0 Å². The molecule has 1 N–H and O–H groups in total. The number of hydrogen-bond donors (Lipinski definition) is 1. The van der Waals surface area contributed by atoms with Crippen LogP contribution in [0, 0.1) is 13.8 Å². The predicted molar refractivity (Wildman–Crippen MR) is 144 cm³/mol. The van der Waals surface area contributed by atoms with Gasteiger partial charge in [-0.05, 0) is 44.0 Å². The van der Waals surface area contributed by atoms with Gasteiger partial charge in [-0.25, -0.2) is 4.98 Å². The molecule has 0 aliphatic carbocycles. The number of likely N-dealkylation sites (N-methyl/N-ethyl adjacent to an activating group) is 1. The first-order chi connectivity index (χ1) is 18.9. The molecule has 2 aliphatic rings. The van der Waals surface area contributed by atoms with E-state index in [0.29, 0.717) is 25.3 Å². The molecule has 0 saturated carbocycles. The molecule has 0 spiro atoms. The summed E-state index contributed by atoms with van der Waals surface area (Å²) < 4.78 is 40.5. The summed E-state index contributed by atoms with van der Waals surface area (Å²) in [4.78, 5) is 44.7. The number of nitrogens with zero attached hydrogens (tertiary/aromatic N) is 6. The van der Waals surface area contributed by atoms with E-state index in [9.17, 15) is 22.8 Å². The number of pyridine rings is 1. The monoisotopic (exact) mass is 553 g/mol. The van der Waals surface area contributed by atoms with Crippen LogP contribution in [0.2, 0.25) is 0 Å². The van der Waals surface area contributed by atoms with Crippen molar-refractivity contribution >= 4 is 29.0 Å². The summed E-state index contributed by atoms with van der Waals surface area (Å²) in [6.07, 6.45) is -2.65. The minimum Gasteiger partial charge on any atom is -0.367 e. The largest absolute Gasteiger partial charge is 0.416 e. The van der Waals surface area contributed by atoms with Crippen LogP contribution in [0.15, 0.2) is 36.5 Å². The Bertz CT molecular complexity index is 1480. The number of alkyl halides is 3. The van der Waals surface area contributed by atoms with Crippen molar-refractivity contribution in [2.24, 2.45) is 0 Å². The number of aromatic nitrogens is 3. The fourth-order valence-electron chi connectivity index (χ4n) is 5.38. The number of anilines is 3. The molecule has 9 nitrogen and oxygen atoms in total. The lowest BCUT2D eigenvalue weighted by Gasteiger charge is -2.32. The molecule has 12 heteroatoms. The average molecular weight is 554 g/mol. The molecule has 40 heavy (non-hydrogen) atoms. The van der Waals surface area contributed by atoms with Gasteiger partial charge < -0.3 is 15.1 Å². The average Bonchev–Trinajstić information content (AvgIpc) is 3.52. The Morgan fingerprint density at radius 1 is 1.12 bits per heavy atom. The van der Waals surface area contributed by atoms with Gasteiger partial charge in [0, 0.05) is 39.3 Å². The highest BCUT2D eigenvalue weighted by molar-refractivity contribution is 6.09. The van der Waals surface area contributed by atoms with Gasteiger partial charge in [-0.2, -0.15) is 13.2 Å². The zero-order valence-corrected chi connectivity index (χ0v) is 22.7. The maximum absolute atomic E-state index is 13.8. The van der Waals surface area contributed by atoms with E-state index in [1.54, 1.807) is 13.2 Å².